The maximum atomic E-state index is 5.64. The van der Waals surface area contributed by atoms with Crippen molar-refractivity contribution in [3.8, 4) is 0 Å². The first kappa shape index (κ1) is 14.9. The van der Waals surface area contributed by atoms with Gasteiger partial charge in [0.15, 0.2) is 0 Å². The highest BCUT2D eigenvalue weighted by Gasteiger charge is 2.16. The first-order valence-electron chi connectivity index (χ1n) is 6.55. The van der Waals surface area contributed by atoms with Crippen LogP contribution in [0.2, 0.25) is 0 Å². The minimum Gasteiger partial charge on any atom is -0.383 e. The van der Waals surface area contributed by atoms with Crippen LogP contribution in [0.3, 0.4) is 0 Å². The van der Waals surface area contributed by atoms with Crippen molar-refractivity contribution in [2.45, 2.75) is 39.8 Å². The number of anilines is 1. The van der Waals surface area contributed by atoms with E-state index in [4.69, 9.17) is 10.5 Å². The standard InChI is InChI=1S/C14H25N3O/c1-5-12(3)17(6-7-18-4)14-11(2)8-13(9-15)10-16-14/h8,10,12H,5-7,9,15H2,1-4H3. The molecule has 0 aliphatic rings. The molecule has 0 saturated heterocycles. The molecular weight excluding hydrogens is 226 g/mol. The van der Waals surface area contributed by atoms with E-state index in [1.165, 1.54) is 5.56 Å². The van der Waals surface area contributed by atoms with E-state index < -0.39 is 0 Å². The zero-order chi connectivity index (χ0) is 13.5. The third-order valence-corrected chi connectivity index (χ3v) is 3.27. The lowest BCUT2D eigenvalue weighted by molar-refractivity contribution is 0.203. The Morgan fingerprint density at radius 2 is 2.22 bits per heavy atom. The Morgan fingerprint density at radius 3 is 2.72 bits per heavy atom. The third kappa shape index (κ3) is 3.68. The van der Waals surface area contributed by atoms with E-state index in [-0.39, 0.29) is 0 Å². The van der Waals surface area contributed by atoms with Crippen molar-refractivity contribution in [1.82, 2.24) is 4.98 Å². The largest absolute Gasteiger partial charge is 0.383 e. The summed E-state index contributed by atoms with van der Waals surface area (Å²) in [5.41, 5.74) is 7.89. The number of nitrogens with zero attached hydrogens (tertiary/aromatic N) is 2. The van der Waals surface area contributed by atoms with Gasteiger partial charge in [0.2, 0.25) is 0 Å². The molecule has 0 aliphatic heterocycles. The number of hydrogen-bond acceptors (Lipinski definition) is 4. The van der Waals surface area contributed by atoms with Crippen LogP contribution in [0.1, 0.15) is 31.4 Å². The number of ether oxygens (including phenoxy) is 1. The normalized spacial score (nSPS) is 12.5. The van der Waals surface area contributed by atoms with Crippen LogP contribution in [0.4, 0.5) is 5.82 Å². The minimum absolute atomic E-state index is 0.454. The summed E-state index contributed by atoms with van der Waals surface area (Å²) in [5.74, 6) is 1.04. The number of nitrogens with two attached hydrogens (primary N) is 1. The monoisotopic (exact) mass is 251 g/mol. The first-order chi connectivity index (χ1) is 8.63. The van der Waals surface area contributed by atoms with Gasteiger partial charge in [-0.3, -0.25) is 0 Å². The van der Waals surface area contributed by atoms with Gasteiger partial charge in [0, 0.05) is 32.4 Å². The van der Waals surface area contributed by atoms with Gasteiger partial charge in [-0.25, -0.2) is 4.98 Å². The molecule has 1 unspecified atom stereocenters. The van der Waals surface area contributed by atoms with Crippen molar-refractivity contribution < 1.29 is 4.74 Å². The first-order valence-corrected chi connectivity index (χ1v) is 6.55. The fraction of sp³-hybridized carbons (Fsp3) is 0.643. The van der Waals surface area contributed by atoms with Crippen LogP contribution >= 0.6 is 0 Å². The molecule has 1 rings (SSSR count). The summed E-state index contributed by atoms with van der Waals surface area (Å²) in [6, 6.07) is 2.57. The molecule has 0 aliphatic carbocycles. The van der Waals surface area contributed by atoms with Crippen LogP contribution in [0.5, 0.6) is 0 Å². The number of pyridine rings is 1. The molecule has 0 saturated carbocycles. The van der Waals surface area contributed by atoms with Gasteiger partial charge < -0.3 is 15.4 Å². The van der Waals surface area contributed by atoms with Crippen molar-refractivity contribution in [3.63, 3.8) is 0 Å². The second-order valence-electron chi connectivity index (χ2n) is 4.63. The smallest absolute Gasteiger partial charge is 0.131 e. The van der Waals surface area contributed by atoms with Gasteiger partial charge in [0.05, 0.1) is 6.61 Å². The highest BCUT2D eigenvalue weighted by atomic mass is 16.5. The van der Waals surface area contributed by atoms with Gasteiger partial charge in [0.25, 0.3) is 0 Å². The lowest BCUT2D eigenvalue weighted by Crippen LogP contribution is -2.36. The van der Waals surface area contributed by atoms with Gasteiger partial charge in [-0.1, -0.05) is 6.92 Å². The Morgan fingerprint density at radius 1 is 1.50 bits per heavy atom. The van der Waals surface area contributed by atoms with E-state index >= 15 is 0 Å². The predicted molar refractivity (Wildman–Crippen MR) is 75.8 cm³/mol. The SMILES string of the molecule is CCC(C)N(CCOC)c1ncc(CN)cc1C. The van der Waals surface area contributed by atoms with Gasteiger partial charge in [-0.05, 0) is 37.5 Å². The molecule has 18 heavy (non-hydrogen) atoms. The summed E-state index contributed by atoms with van der Waals surface area (Å²) in [4.78, 5) is 6.87. The fourth-order valence-electron chi connectivity index (χ4n) is 1.98. The zero-order valence-electron chi connectivity index (χ0n) is 11.9. The summed E-state index contributed by atoms with van der Waals surface area (Å²) in [6.07, 6.45) is 2.95. The van der Waals surface area contributed by atoms with Crippen LogP contribution in [0, 0.1) is 6.92 Å². The maximum Gasteiger partial charge on any atom is 0.131 e. The third-order valence-electron chi connectivity index (χ3n) is 3.27. The Labute approximate surface area is 110 Å². The molecule has 0 fully saturated rings. The average molecular weight is 251 g/mol. The Hall–Kier alpha value is -1.13. The Bertz CT molecular complexity index is 368. The topological polar surface area (TPSA) is 51.4 Å². The van der Waals surface area contributed by atoms with Crippen molar-refractivity contribution in [2.24, 2.45) is 5.73 Å². The van der Waals surface area contributed by atoms with Gasteiger partial charge in [-0.2, -0.15) is 0 Å². The highest BCUT2D eigenvalue weighted by Crippen LogP contribution is 2.21. The van der Waals surface area contributed by atoms with Crippen LogP contribution < -0.4 is 10.6 Å². The van der Waals surface area contributed by atoms with Gasteiger partial charge in [0.1, 0.15) is 5.82 Å². The van der Waals surface area contributed by atoms with Crippen molar-refractivity contribution >= 4 is 5.82 Å². The van der Waals surface area contributed by atoms with Gasteiger partial charge >= 0.3 is 0 Å². The molecule has 0 bridgehead atoms. The molecule has 4 nitrogen and oxygen atoms in total. The van der Waals surface area contributed by atoms with Gasteiger partial charge in [-0.15, -0.1) is 0 Å². The van der Waals surface area contributed by atoms with Crippen molar-refractivity contribution in [1.29, 1.82) is 0 Å². The van der Waals surface area contributed by atoms with E-state index in [1.54, 1.807) is 7.11 Å². The van der Waals surface area contributed by atoms with E-state index in [1.807, 2.05) is 6.20 Å². The maximum absolute atomic E-state index is 5.64. The van der Waals surface area contributed by atoms with E-state index in [0.717, 1.165) is 24.3 Å². The number of methoxy groups -OCH3 is 1. The fourth-order valence-corrected chi connectivity index (χ4v) is 1.98. The molecule has 0 spiro atoms. The Balaban J connectivity index is 2.96. The molecule has 0 radical (unpaired) electrons. The number of aryl methyl sites for hydroxylation is 1. The summed E-state index contributed by atoms with van der Waals surface area (Å²) < 4.78 is 5.18. The van der Waals surface area contributed by atoms with Crippen LogP contribution in [0.25, 0.3) is 0 Å². The second-order valence-corrected chi connectivity index (χ2v) is 4.63. The summed E-state index contributed by atoms with van der Waals surface area (Å²) in [5, 5.41) is 0. The van der Waals surface area contributed by atoms with E-state index in [0.29, 0.717) is 19.2 Å². The number of aromatic nitrogens is 1. The lowest BCUT2D eigenvalue weighted by atomic mass is 10.1. The molecule has 4 heteroatoms. The predicted octanol–water partition coefficient (Wildman–Crippen LogP) is 2.10. The van der Waals surface area contributed by atoms with E-state index in [2.05, 4.69) is 36.7 Å². The molecule has 1 aromatic heterocycles. The summed E-state index contributed by atoms with van der Waals surface area (Å²) >= 11 is 0. The van der Waals surface area contributed by atoms with Crippen molar-refractivity contribution in [2.75, 3.05) is 25.2 Å². The van der Waals surface area contributed by atoms with Crippen LogP contribution in [0.15, 0.2) is 12.3 Å². The highest BCUT2D eigenvalue weighted by molar-refractivity contribution is 5.48. The molecule has 1 heterocycles. The quantitative estimate of drug-likeness (QED) is 0.806. The number of hydrogen-bond donors (Lipinski definition) is 1. The molecule has 102 valence electrons. The van der Waals surface area contributed by atoms with E-state index in [9.17, 15) is 0 Å². The summed E-state index contributed by atoms with van der Waals surface area (Å²) in [6.45, 7) is 8.60. The molecule has 1 aromatic rings. The molecule has 2 N–H and O–H groups in total. The second kappa shape index (κ2) is 7.34. The van der Waals surface area contributed by atoms with Crippen LogP contribution in [-0.2, 0) is 11.3 Å². The molecule has 1 atom stereocenters. The molecular formula is C14H25N3O. The molecule has 0 aromatic carbocycles. The van der Waals surface area contributed by atoms with Crippen molar-refractivity contribution in [3.05, 3.63) is 23.4 Å². The summed E-state index contributed by atoms with van der Waals surface area (Å²) in [7, 11) is 1.73. The Kier molecular flexibility index (Phi) is 6.09. The zero-order valence-corrected chi connectivity index (χ0v) is 11.9. The lowest BCUT2D eigenvalue weighted by Gasteiger charge is -2.30. The average Bonchev–Trinajstić information content (AvgIpc) is 2.39. The van der Waals surface area contributed by atoms with Crippen LogP contribution in [-0.4, -0.2) is 31.3 Å². The number of rotatable bonds is 7. The molecule has 0 amide bonds. The minimum atomic E-state index is 0.454.